The van der Waals surface area contributed by atoms with Gasteiger partial charge in [-0.05, 0) is 19.1 Å². The summed E-state index contributed by atoms with van der Waals surface area (Å²) >= 11 is 0. The van der Waals surface area contributed by atoms with Crippen LogP contribution in [0.5, 0.6) is 11.6 Å². The summed E-state index contributed by atoms with van der Waals surface area (Å²) in [5.74, 6) is -0.511. The number of aryl methyl sites for hydroxylation is 1. The van der Waals surface area contributed by atoms with Crippen molar-refractivity contribution in [1.29, 1.82) is 0 Å². The van der Waals surface area contributed by atoms with E-state index in [-0.39, 0.29) is 22.9 Å². The first kappa shape index (κ1) is 12.1. The van der Waals surface area contributed by atoms with Gasteiger partial charge in [0.2, 0.25) is 0 Å². The maximum absolute atomic E-state index is 13.2. The number of nitrogens with zero attached hydrogens (tertiary/aromatic N) is 2. The third-order valence-corrected chi connectivity index (χ3v) is 2.41. The maximum Gasteiger partial charge on any atom is 0.313 e. The minimum absolute atomic E-state index is 0.0225. The average Bonchev–Trinajstić information content (AvgIpc) is 2.36. The summed E-state index contributed by atoms with van der Waals surface area (Å²) < 4.78 is 19.9. The Morgan fingerprint density at radius 3 is 2.94 bits per heavy atom. The van der Waals surface area contributed by atoms with Gasteiger partial charge in [0.05, 0.1) is 5.69 Å². The lowest BCUT2D eigenvalue weighted by Gasteiger charge is -2.07. The molecule has 2 aromatic rings. The van der Waals surface area contributed by atoms with Crippen LogP contribution >= 0.6 is 0 Å². The highest BCUT2D eigenvalue weighted by Gasteiger charge is 2.08. The Hall–Kier alpha value is -2.37. The zero-order chi connectivity index (χ0) is 13.1. The first-order chi connectivity index (χ1) is 8.61. The SMILES string of the molecule is CCn1ccnc(Oc2ccc(N)c(F)c2)c1=O. The van der Waals surface area contributed by atoms with Crippen LogP contribution in [-0.4, -0.2) is 9.55 Å². The van der Waals surface area contributed by atoms with E-state index in [0.29, 0.717) is 6.54 Å². The summed E-state index contributed by atoms with van der Waals surface area (Å²) in [7, 11) is 0. The molecule has 0 radical (unpaired) electrons. The van der Waals surface area contributed by atoms with Crippen molar-refractivity contribution in [2.75, 3.05) is 5.73 Å². The molecule has 0 spiro atoms. The van der Waals surface area contributed by atoms with Crippen molar-refractivity contribution in [3.8, 4) is 11.6 Å². The number of anilines is 1. The second-order valence-corrected chi connectivity index (χ2v) is 3.61. The smallest absolute Gasteiger partial charge is 0.313 e. The zero-order valence-corrected chi connectivity index (χ0v) is 9.76. The third kappa shape index (κ3) is 2.32. The van der Waals surface area contributed by atoms with Crippen molar-refractivity contribution in [2.45, 2.75) is 13.5 Å². The molecular formula is C12H12FN3O2. The lowest BCUT2D eigenvalue weighted by molar-refractivity contribution is 0.442. The summed E-state index contributed by atoms with van der Waals surface area (Å²) in [6.45, 7) is 2.34. The van der Waals surface area contributed by atoms with E-state index >= 15 is 0 Å². The molecule has 94 valence electrons. The average molecular weight is 249 g/mol. The van der Waals surface area contributed by atoms with Crippen molar-refractivity contribution in [3.05, 3.63) is 46.8 Å². The summed E-state index contributed by atoms with van der Waals surface area (Å²) in [4.78, 5) is 15.6. The van der Waals surface area contributed by atoms with E-state index < -0.39 is 5.82 Å². The molecule has 1 aromatic heterocycles. The molecule has 0 atom stereocenters. The number of rotatable bonds is 3. The van der Waals surface area contributed by atoms with Gasteiger partial charge >= 0.3 is 5.56 Å². The molecule has 1 aromatic carbocycles. The molecule has 0 saturated carbocycles. The number of ether oxygens (including phenoxy) is 1. The van der Waals surface area contributed by atoms with E-state index in [1.54, 1.807) is 6.20 Å². The van der Waals surface area contributed by atoms with Gasteiger partial charge in [0.1, 0.15) is 11.6 Å². The van der Waals surface area contributed by atoms with Gasteiger partial charge in [0.15, 0.2) is 0 Å². The minimum atomic E-state index is -0.598. The fourth-order valence-electron chi connectivity index (χ4n) is 1.43. The lowest BCUT2D eigenvalue weighted by atomic mass is 10.3. The Labute approximate surface area is 103 Å². The van der Waals surface area contributed by atoms with Crippen molar-refractivity contribution in [2.24, 2.45) is 0 Å². The van der Waals surface area contributed by atoms with Crippen LogP contribution in [0, 0.1) is 5.82 Å². The maximum atomic E-state index is 13.2. The van der Waals surface area contributed by atoms with Crippen LogP contribution in [-0.2, 0) is 6.54 Å². The molecule has 1 heterocycles. The van der Waals surface area contributed by atoms with E-state index in [9.17, 15) is 9.18 Å². The topological polar surface area (TPSA) is 70.1 Å². The fraction of sp³-hybridized carbons (Fsp3) is 0.167. The second-order valence-electron chi connectivity index (χ2n) is 3.61. The number of nitrogens with two attached hydrogens (primary N) is 1. The molecule has 0 bridgehead atoms. The summed E-state index contributed by atoms with van der Waals surface area (Å²) in [6, 6.07) is 3.95. The van der Waals surface area contributed by atoms with Crippen molar-refractivity contribution in [1.82, 2.24) is 9.55 Å². The van der Waals surface area contributed by atoms with Gasteiger partial charge < -0.3 is 15.0 Å². The number of nitrogen functional groups attached to an aromatic ring is 1. The predicted molar refractivity (Wildman–Crippen MR) is 65.1 cm³/mol. The normalized spacial score (nSPS) is 10.3. The van der Waals surface area contributed by atoms with E-state index in [1.807, 2.05) is 6.92 Å². The first-order valence-electron chi connectivity index (χ1n) is 5.40. The molecule has 6 heteroatoms. The van der Waals surface area contributed by atoms with Crippen LogP contribution in [0.1, 0.15) is 6.92 Å². The van der Waals surface area contributed by atoms with Gasteiger partial charge in [0, 0.05) is 25.0 Å². The molecule has 0 aliphatic heterocycles. The highest BCUT2D eigenvalue weighted by molar-refractivity contribution is 5.44. The summed E-state index contributed by atoms with van der Waals surface area (Å²) in [6.07, 6.45) is 3.01. The largest absolute Gasteiger partial charge is 0.435 e. The number of aromatic nitrogens is 2. The fourth-order valence-corrected chi connectivity index (χ4v) is 1.43. The standard InChI is InChI=1S/C12H12FN3O2/c1-2-16-6-5-15-11(12(16)17)18-8-3-4-10(14)9(13)7-8/h3-7H,2,14H2,1H3. The highest BCUT2D eigenvalue weighted by atomic mass is 19.1. The molecule has 0 fully saturated rings. The van der Waals surface area contributed by atoms with Crippen LogP contribution in [0.15, 0.2) is 35.4 Å². The molecule has 5 nitrogen and oxygen atoms in total. The molecule has 0 aliphatic carbocycles. The van der Waals surface area contributed by atoms with Crippen LogP contribution < -0.4 is 16.0 Å². The minimum Gasteiger partial charge on any atom is -0.435 e. The molecule has 0 saturated heterocycles. The van der Waals surface area contributed by atoms with Crippen molar-refractivity contribution in [3.63, 3.8) is 0 Å². The van der Waals surface area contributed by atoms with Crippen LogP contribution in [0.4, 0.5) is 10.1 Å². The van der Waals surface area contributed by atoms with E-state index in [0.717, 1.165) is 6.07 Å². The van der Waals surface area contributed by atoms with E-state index in [4.69, 9.17) is 10.5 Å². The van der Waals surface area contributed by atoms with Gasteiger partial charge in [-0.25, -0.2) is 9.37 Å². The van der Waals surface area contributed by atoms with E-state index in [1.165, 1.54) is 22.9 Å². The Morgan fingerprint density at radius 1 is 1.50 bits per heavy atom. The molecular weight excluding hydrogens is 237 g/mol. The third-order valence-electron chi connectivity index (χ3n) is 2.41. The molecule has 0 unspecified atom stereocenters. The van der Waals surface area contributed by atoms with Gasteiger partial charge in [-0.3, -0.25) is 4.79 Å². The number of benzene rings is 1. The Morgan fingerprint density at radius 2 is 2.28 bits per heavy atom. The van der Waals surface area contributed by atoms with Gasteiger partial charge in [-0.15, -0.1) is 0 Å². The Bertz CT molecular complexity index is 625. The predicted octanol–water partition coefficient (Wildman–Crippen LogP) is 1.78. The van der Waals surface area contributed by atoms with Gasteiger partial charge in [0.25, 0.3) is 5.88 Å². The number of hydrogen-bond donors (Lipinski definition) is 1. The van der Waals surface area contributed by atoms with Crippen molar-refractivity contribution >= 4 is 5.69 Å². The first-order valence-corrected chi connectivity index (χ1v) is 5.40. The van der Waals surface area contributed by atoms with Crippen molar-refractivity contribution < 1.29 is 9.13 Å². The van der Waals surface area contributed by atoms with Crippen LogP contribution in [0.2, 0.25) is 0 Å². The van der Waals surface area contributed by atoms with E-state index in [2.05, 4.69) is 4.98 Å². The summed E-state index contributed by atoms with van der Waals surface area (Å²) in [5.41, 5.74) is 5.00. The van der Waals surface area contributed by atoms with Gasteiger partial charge in [-0.2, -0.15) is 0 Å². The summed E-state index contributed by atoms with van der Waals surface area (Å²) in [5, 5.41) is 0. The molecule has 0 amide bonds. The van der Waals surface area contributed by atoms with Gasteiger partial charge in [-0.1, -0.05) is 0 Å². The number of hydrogen-bond acceptors (Lipinski definition) is 4. The Kier molecular flexibility index (Phi) is 3.27. The zero-order valence-electron chi connectivity index (χ0n) is 9.76. The monoisotopic (exact) mass is 249 g/mol. The Balaban J connectivity index is 2.34. The quantitative estimate of drug-likeness (QED) is 0.842. The second kappa shape index (κ2) is 4.87. The molecule has 18 heavy (non-hydrogen) atoms. The van der Waals surface area contributed by atoms with Crippen LogP contribution in [0.3, 0.4) is 0 Å². The lowest BCUT2D eigenvalue weighted by Crippen LogP contribution is -2.20. The molecule has 0 aliphatic rings. The van der Waals surface area contributed by atoms with Crippen LogP contribution in [0.25, 0.3) is 0 Å². The molecule has 2 rings (SSSR count). The number of halogens is 1. The highest BCUT2D eigenvalue weighted by Crippen LogP contribution is 2.21. The molecule has 2 N–H and O–H groups in total.